The zero-order valence-electron chi connectivity index (χ0n) is 12.5. The van der Waals surface area contributed by atoms with Gasteiger partial charge in [-0.3, -0.25) is 4.79 Å². The van der Waals surface area contributed by atoms with Crippen molar-refractivity contribution in [3.05, 3.63) is 0 Å². The first-order chi connectivity index (χ1) is 10.8. The Kier molecular flexibility index (Phi) is 4.53. The van der Waals surface area contributed by atoms with E-state index in [1.54, 1.807) is 0 Å². The van der Waals surface area contributed by atoms with Gasteiger partial charge in [0.1, 0.15) is 5.54 Å². The zero-order chi connectivity index (χ0) is 18.5. The third-order valence-corrected chi connectivity index (χ3v) is 4.84. The van der Waals surface area contributed by atoms with Gasteiger partial charge in [0.15, 0.2) is 0 Å². The monoisotopic (exact) mass is 362 g/mol. The maximum absolute atomic E-state index is 12.9. The van der Waals surface area contributed by atoms with Gasteiger partial charge < -0.3 is 15.3 Å². The van der Waals surface area contributed by atoms with Gasteiger partial charge in [0.2, 0.25) is 5.91 Å². The number of alkyl halides is 6. The average molecular weight is 362 g/mol. The summed E-state index contributed by atoms with van der Waals surface area (Å²) in [7, 11) is 1.31. The molecule has 0 spiro atoms. The number of nitrogens with one attached hydrogen (secondary N) is 1. The zero-order valence-corrected chi connectivity index (χ0v) is 12.5. The van der Waals surface area contributed by atoms with Crippen molar-refractivity contribution in [1.29, 1.82) is 0 Å². The van der Waals surface area contributed by atoms with Crippen LogP contribution in [0.2, 0.25) is 0 Å². The summed E-state index contributed by atoms with van der Waals surface area (Å²) < 4.78 is 70.4. The summed E-state index contributed by atoms with van der Waals surface area (Å²) >= 11 is 0. The molecule has 3 fully saturated rings. The minimum absolute atomic E-state index is 0.0546. The SMILES string of the molecule is CN(C(=O)C1[C@H]2CNC[C@@H]12)C1(C(F)(F)F)CC1.O=C(O)C(F)(F)F. The summed E-state index contributed by atoms with van der Waals surface area (Å²) in [4.78, 5) is 21.9. The van der Waals surface area contributed by atoms with E-state index < -0.39 is 23.9 Å². The van der Waals surface area contributed by atoms with Crippen molar-refractivity contribution in [3.8, 4) is 0 Å². The quantitative estimate of drug-likeness (QED) is 0.733. The van der Waals surface area contributed by atoms with E-state index in [1.807, 2.05) is 0 Å². The Morgan fingerprint density at radius 2 is 1.50 bits per heavy atom. The van der Waals surface area contributed by atoms with Crippen molar-refractivity contribution in [3.63, 3.8) is 0 Å². The van der Waals surface area contributed by atoms with E-state index >= 15 is 0 Å². The van der Waals surface area contributed by atoms with Crippen LogP contribution < -0.4 is 5.32 Å². The summed E-state index contributed by atoms with van der Waals surface area (Å²) in [5, 5.41) is 10.3. The van der Waals surface area contributed by atoms with Crippen LogP contribution in [0.15, 0.2) is 0 Å². The molecule has 0 radical (unpaired) electrons. The minimum atomic E-state index is -5.08. The number of amides is 1. The van der Waals surface area contributed by atoms with E-state index in [-0.39, 0.29) is 36.5 Å². The predicted molar refractivity (Wildman–Crippen MR) is 67.8 cm³/mol. The van der Waals surface area contributed by atoms with Crippen LogP contribution in [0.4, 0.5) is 26.3 Å². The number of rotatable bonds is 2. The number of nitrogens with zero attached hydrogens (tertiary/aromatic N) is 1. The molecule has 0 aromatic rings. The smallest absolute Gasteiger partial charge is 0.475 e. The summed E-state index contributed by atoms with van der Waals surface area (Å²) in [5.74, 6) is -2.69. The molecule has 1 unspecified atom stereocenters. The topological polar surface area (TPSA) is 69.6 Å². The third kappa shape index (κ3) is 3.31. The van der Waals surface area contributed by atoms with Crippen LogP contribution in [-0.2, 0) is 9.59 Å². The van der Waals surface area contributed by atoms with Crippen molar-refractivity contribution in [2.45, 2.75) is 30.7 Å². The Morgan fingerprint density at radius 3 is 1.79 bits per heavy atom. The molecule has 0 aromatic carbocycles. The molecule has 1 aliphatic heterocycles. The Morgan fingerprint density at radius 1 is 1.08 bits per heavy atom. The van der Waals surface area contributed by atoms with Gasteiger partial charge in [-0.25, -0.2) is 4.79 Å². The highest BCUT2D eigenvalue weighted by atomic mass is 19.4. The normalized spacial score (nSPS) is 29.9. The Labute approximate surface area is 133 Å². The second-order valence-corrected chi connectivity index (χ2v) is 6.24. The third-order valence-electron chi connectivity index (χ3n) is 4.84. The number of carbonyl (C=O) groups is 2. The molecule has 1 heterocycles. The number of piperidine rings is 1. The largest absolute Gasteiger partial charge is 0.490 e. The molecule has 2 aliphatic carbocycles. The fourth-order valence-electron chi connectivity index (χ4n) is 3.15. The van der Waals surface area contributed by atoms with Gasteiger partial charge in [-0.15, -0.1) is 0 Å². The Hall–Kier alpha value is -1.52. The first kappa shape index (κ1) is 18.8. The summed E-state index contributed by atoms with van der Waals surface area (Å²) in [6, 6.07) is 0. The number of carbonyl (C=O) groups excluding carboxylic acids is 1. The molecule has 3 rings (SSSR count). The van der Waals surface area contributed by atoms with Gasteiger partial charge in [-0.1, -0.05) is 0 Å². The molecule has 2 saturated carbocycles. The first-order valence-electron chi connectivity index (χ1n) is 7.18. The van der Waals surface area contributed by atoms with E-state index in [2.05, 4.69) is 5.32 Å². The van der Waals surface area contributed by atoms with Gasteiger partial charge >= 0.3 is 18.3 Å². The molecule has 138 valence electrons. The number of fused-ring (bicyclic) bond motifs is 1. The molecule has 1 amide bonds. The predicted octanol–water partition coefficient (Wildman–Crippen LogP) is 1.64. The molecule has 3 aliphatic rings. The average Bonchev–Trinajstić information content (AvgIpc) is 3.33. The molecular weight excluding hydrogens is 346 g/mol. The first-order valence-corrected chi connectivity index (χ1v) is 7.18. The number of hydrogen-bond acceptors (Lipinski definition) is 3. The molecule has 5 nitrogen and oxygen atoms in total. The van der Waals surface area contributed by atoms with E-state index in [1.165, 1.54) is 7.05 Å². The highest BCUT2D eigenvalue weighted by molar-refractivity contribution is 5.83. The number of carboxylic acids is 1. The standard InChI is InChI=1S/C11H15F3N2O.C2HF3O2/c1-16(10(2-3-10)11(12,13)14)9(17)8-6-4-15-5-7(6)8;3-2(4,5)1(6)7/h6-8,15H,2-5H2,1H3;(H,6,7)/t6-,7+,8?;. The lowest BCUT2D eigenvalue weighted by atomic mass is 10.1. The van der Waals surface area contributed by atoms with Crippen LogP contribution in [0.5, 0.6) is 0 Å². The van der Waals surface area contributed by atoms with Crippen molar-refractivity contribution in [1.82, 2.24) is 10.2 Å². The van der Waals surface area contributed by atoms with Gasteiger partial charge in [-0.2, -0.15) is 26.3 Å². The van der Waals surface area contributed by atoms with Crippen molar-refractivity contribution < 1.29 is 41.0 Å². The molecule has 0 aromatic heterocycles. The molecule has 11 heteroatoms. The number of carboxylic acid groups (broad SMARTS) is 1. The maximum Gasteiger partial charge on any atom is 0.490 e. The summed E-state index contributed by atoms with van der Waals surface area (Å²) in [5.41, 5.74) is -1.85. The highest BCUT2D eigenvalue weighted by Crippen LogP contribution is 2.56. The van der Waals surface area contributed by atoms with Gasteiger partial charge in [0, 0.05) is 13.0 Å². The van der Waals surface area contributed by atoms with E-state index in [4.69, 9.17) is 9.90 Å². The molecule has 3 atom stereocenters. The van der Waals surface area contributed by atoms with E-state index in [9.17, 15) is 31.1 Å². The van der Waals surface area contributed by atoms with Crippen LogP contribution in [-0.4, -0.2) is 59.9 Å². The lowest BCUT2D eigenvalue weighted by Gasteiger charge is -2.30. The van der Waals surface area contributed by atoms with E-state index in [0.717, 1.165) is 18.0 Å². The van der Waals surface area contributed by atoms with Crippen LogP contribution in [0.1, 0.15) is 12.8 Å². The Bertz CT molecular complexity index is 519. The van der Waals surface area contributed by atoms with Gasteiger partial charge in [-0.05, 0) is 37.8 Å². The molecule has 1 saturated heterocycles. The second kappa shape index (κ2) is 5.78. The molecule has 2 N–H and O–H groups in total. The van der Waals surface area contributed by atoms with Crippen molar-refractivity contribution in [2.75, 3.05) is 20.1 Å². The lowest BCUT2D eigenvalue weighted by Crippen LogP contribution is -2.50. The van der Waals surface area contributed by atoms with Crippen LogP contribution in [0.25, 0.3) is 0 Å². The fraction of sp³-hybridized carbons (Fsp3) is 0.846. The summed E-state index contributed by atoms with van der Waals surface area (Å²) in [6.07, 6.45) is -9.27. The van der Waals surface area contributed by atoms with Crippen LogP contribution in [0.3, 0.4) is 0 Å². The van der Waals surface area contributed by atoms with Crippen LogP contribution in [0, 0.1) is 17.8 Å². The fourth-order valence-corrected chi connectivity index (χ4v) is 3.15. The number of hydrogen-bond donors (Lipinski definition) is 2. The highest BCUT2D eigenvalue weighted by Gasteiger charge is 2.69. The van der Waals surface area contributed by atoms with Gasteiger partial charge in [0.25, 0.3) is 0 Å². The molecular formula is C13H16F6N2O3. The maximum atomic E-state index is 12.9. The van der Waals surface area contributed by atoms with Crippen molar-refractivity contribution >= 4 is 11.9 Å². The minimum Gasteiger partial charge on any atom is -0.475 e. The second-order valence-electron chi connectivity index (χ2n) is 6.24. The van der Waals surface area contributed by atoms with E-state index in [0.29, 0.717) is 0 Å². The summed E-state index contributed by atoms with van der Waals surface area (Å²) in [6.45, 7) is 1.54. The number of halogens is 6. The van der Waals surface area contributed by atoms with Crippen molar-refractivity contribution in [2.24, 2.45) is 17.8 Å². The molecule has 24 heavy (non-hydrogen) atoms. The Balaban J connectivity index is 0.000000256. The van der Waals surface area contributed by atoms with Crippen LogP contribution >= 0.6 is 0 Å². The lowest BCUT2D eigenvalue weighted by molar-refractivity contribution is -0.197. The molecule has 0 bridgehead atoms. The van der Waals surface area contributed by atoms with Gasteiger partial charge in [0.05, 0.1) is 0 Å². The number of aliphatic carboxylic acids is 1.